The number of benzene rings is 4. The van der Waals surface area contributed by atoms with Gasteiger partial charge in [0, 0.05) is 22.3 Å². The Morgan fingerprint density at radius 3 is 0.739 bits per heavy atom. The highest BCUT2D eigenvalue weighted by Gasteiger charge is 2.14. The Bertz CT molecular complexity index is 1780. The summed E-state index contributed by atoms with van der Waals surface area (Å²) in [6, 6.07) is 24.8. The molecule has 8 heteroatoms. The summed E-state index contributed by atoms with van der Waals surface area (Å²) in [4.78, 5) is 26.5. The van der Waals surface area contributed by atoms with Crippen LogP contribution >= 0.6 is 23.2 Å². The van der Waals surface area contributed by atoms with Crippen molar-refractivity contribution in [2.24, 2.45) is 0 Å². The number of aromatic nitrogens is 6. The van der Waals surface area contributed by atoms with Crippen LogP contribution in [0, 0.1) is 55.4 Å². The summed E-state index contributed by atoms with van der Waals surface area (Å²) in [5, 5.41) is 0.426. The second kappa shape index (κ2) is 13.9. The van der Waals surface area contributed by atoms with Crippen molar-refractivity contribution in [3.05, 3.63) is 128 Å². The third-order valence-corrected chi connectivity index (χ3v) is 8.05. The van der Waals surface area contributed by atoms with Crippen LogP contribution in [-0.4, -0.2) is 29.9 Å². The molecule has 0 N–H and O–H groups in total. The van der Waals surface area contributed by atoms with Crippen molar-refractivity contribution in [2.75, 3.05) is 0 Å². The molecule has 0 fully saturated rings. The van der Waals surface area contributed by atoms with Crippen LogP contribution in [0.3, 0.4) is 0 Å². The molecule has 0 bridgehead atoms. The lowest BCUT2D eigenvalue weighted by molar-refractivity contribution is 1.06. The maximum atomic E-state index is 6.15. The zero-order valence-electron chi connectivity index (χ0n) is 27.4. The Morgan fingerprint density at radius 1 is 0.326 bits per heavy atom. The Balaban J connectivity index is 0.000000181. The van der Waals surface area contributed by atoms with Crippen LogP contribution < -0.4 is 0 Å². The first-order chi connectivity index (χ1) is 21.9. The van der Waals surface area contributed by atoms with Crippen LogP contribution in [0.2, 0.25) is 10.6 Å². The smallest absolute Gasteiger partial charge is 0.208 e. The van der Waals surface area contributed by atoms with E-state index in [0.29, 0.717) is 23.3 Å². The minimum atomic E-state index is 0.213. The molecule has 2 aromatic heterocycles. The normalized spacial score (nSPS) is 10.8. The van der Waals surface area contributed by atoms with Crippen LogP contribution in [0.5, 0.6) is 0 Å². The number of aryl methyl sites for hydroxylation is 8. The maximum Gasteiger partial charge on any atom is 0.226 e. The number of hydrogen-bond donors (Lipinski definition) is 0. The molecule has 0 aliphatic carbocycles. The molecule has 6 aromatic rings. The third kappa shape index (κ3) is 7.64. The van der Waals surface area contributed by atoms with Gasteiger partial charge in [-0.15, -0.1) is 0 Å². The van der Waals surface area contributed by atoms with Gasteiger partial charge in [-0.2, -0.15) is 19.9 Å². The quantitative estimate of drug-likeness (QED) is 0.190. The summed E-state index contributed by atoms with van der Waals surface area (Å²) in [5.74, 6) is 2.44. The molecule has 2 heterocycles. The molecule has 0 atom stereocenters. The molecule has 0 saturated carbocycles. The van der Waals surface area contributed by atoms with Gasteiger partial charge in [0.25, 0.3) is 0 Å². The van der Waals surface area contributed by atoms with Crippen molar-refractivity contribution < 1.29 is 0 Å². The zero-order chi connectivity index (χ0) is 33.1. The van der Waals surface area contributed by atoms with Crippen LogP contribution in [0.1, 0.15) is 44.5 Å². The highest BCUT2D eigenvalue weighted by Crippen LogP contribution is 2.28. The molecule has 0 radical (unpaired) electrons. The Hall–Kier alpha value is -4.52. The van der Waals surface area contributed by atoms with Crippen molar-refractivity contribution in [3.8, 4) is 45.6 Å². The van der Waals surface area contributed by atoms with Gasteiger partial charge in [-0.1, -0.05) is 95.1 Å². The molecule has 0 amide bonds. The average molecular weight is 648 g/mol. The second-order valence-corrected chi connectivity index (χ2v) is 12.5. The van der Waals surface area contributed by atoms with Crippen molar-refractivity contribution in [3.63, 3.8) is 0 Å². The fourth-order valence-corrected chi connectivity index (χ4v) is 5.76. The van der Waals surface area contributed by atoms with Gasteiger partial charge in [0.05, 0.1) is 0 Å². The molecule has 0 aliphatic heterocycles. The minimum absolute atomic E-state index is 0.213. The summed E-state index contributed by atoms with van der Waals surface area (Å²) >= 11 is 12.3. The largest absolute Gasteiger partial charge is 0.226 e. The Kier molecular flexibility index (Phi) is 9.90. The summed E-state index contributed by atoms with van der Waals surface area (Å²) in [6.45, 7) is 16.5. The molecular weight excluding hydrogens is 611 g/mol. The number of nitrogens with zero attached hydrogens (tertiary/aromatic N) is 6. The molecule has 232 valence electrons. The first kappa shape index (κ1) is 32.9. The first-order valence-corrected chi connectivity index (χ1v) is 15.8. The van der Waals surface area contributed by atoms with E-state index in [4.69, 9.17) is 23.2 Å². The zero-order valence-corrected chi connectivity index (χ0v) is 28.9. The van der Waals surface area contributed by atoms with E-state index in [0.717, 1.165) is 44.5 Å². The Morgan fingerprint density at radius 2 is 0.543 bits per heavy atom. The predicted octanol–water partition coefficient (Wildman–Crippen LogP) is 10.2. The van der Waals surface area contributed by atoms with Gasteiger partial charge in [-0.25, -0.2) is 9.97 Å². The van der Waals surface area contributed by atoms with Crippen LogP contribution in [0.25, 0.3) is 45.6 Å². The third-order valence-electron chi connectivity index (χ3n) is 7.71. The van der Waals surface area contributed by atoms with Crippen molar-refractivity contribution >= 4 is 23.2 Å². The lowest BCUT2D eigenvalue weighted by atomic mass is 10.0. The summed E-state index contributed by atoms with van der Waals surface area (Å²) in [7, 11) is 0. The molecule has 46 heavy (non-hydrogen) atoms. The standard InChI is InChI=1S/2C19H18ClN3/c2*1-11-5-7-15(13(3)9-11)17-21-18(23-19(20)22-17)16-8-6-12(2)10-14(16)4/h2*5-10H,1-4H3. The van der Waals surface area contributed by atoms with Crippen LogP contribution in [0.15, 0.2) is 72.8 Å². The SMILES string of the molecule is Cc1ccc(-c2nc(Cl)nc(-c3ccc(C)cc3C)n2)c(C)c1.Cc1ccc(-c2nc(Cl)nc(-c3ccc(C)cc3C)n2)c(C)c1. The molecule has 0 unspecified atom stereocenters. The Labute approximate surface area is 281 Å². The number of hydrogen-bond acceptors (Lipinski definition) is 6. The molecular formula is C38H36Cl2N6. The second-order valence-electron chi connectivity index (χ2n) is 11.8. The van der Waals surface area contributed by atoms with E-state index in [2.05, 4.69) is 134 Å². The number of rotatable bonds is 4. The number of halogens is 2. The molecule has 0 spiro atoms. The topological polar surface area (TPSA) is 77.3 Å². The molecule has 0 aliphatic rings. The van der Waals surface area contributed by atoms with Crippen molar-refractivity contribution in [1.29, 1.82) is 0 Å². The van der Waals surface area contributed by atoms with Gasteiger partial charge in [0.2, 0.25) is 10.6 Å². The fourth-order valence-electron chi connectivity index (χ4n) is 5.44. The van der Waals surface area contributed by atoms with Gasteiger partial charge in [0.1, 0.15) is 0 Å². The van der Waals surface area contributed by atoms with E-state index in [-0.39, 0.29) is 10.6 Å². The van der Waals surface area contributed by atoms with E-state index in [1.165, 1.54) is 22.3 Å². The lowest BCUT2D eigenvalue weighted by Crippen LogP contribution is -1.99. The van der Waals surface area contributed by atoms with Gasteiger partial charge in [-0.05, 0) is 101 Å². The van der Waals surface area contributed by atoms with E-state index in [1.54, 1.807) is 0 Å². The van der Waals surface area contributed by atoms with Crippen molar-refractivity contribution in [1.82, 2.24) is 29.9 Å². The van der Waals surface area contributed by atoms with Gasteiger partial charge in [-0.3, -0.25) is 0 Å². The highest BCUT2D eigenvalue weighted by atomic mass is 35.5. The molecule has 0 saturated heterocycles. The predicted molar refractivity (Wildman–Crippen MR) is 189 cm³/mol. The van der Waals surface area contributed by atoms with E-state index in [1.807, 2.05) is 24.3 Å². The van der Waals surface area contributed by atoms with Crippen LogP contribution in [0.4, 0.5) is 0 Å². The van der Waals surface area contributed by atoms with E-state index >= 15 is 0 Å². The molecule has 4 aromatic carbocycles. The molecule has 6 nitrogen and oxygen atoms in total. The lowest BCUT2D eigenvalue weighted by Gasteiger charge is -2.09. The fraction of sp³-hybridized carbons (Fsp3) is 0.211. The summed E-state index contributed by atoms with van der Waals surface area (Å²) in [5.41, 5.74) is 13.2. The van der Waals surface area contributed by atoms with Gasteiger partial charge < -0.3 is 0 Å². The van der Waals surface area contributed by atoms with E-state index in [9.17, 15) is 0 Å². The van der Waals surface area contributed by atoms with E-state index < -0.39 is 0 Å². The first-order valence-electron chi connectivity index (χ1n) is 15.0. The highest BCUT2D eigenvalue weighted by molar-refractivity contribution is 6.28. The van der Waals surface area contributed by atoms with Gasteiger partial charge >= 0.3 is 0 Å². The van der Waals surface area contributed by atoms with Crippen molar-refractivity contribution in [2.45, 2.75) is 55.4 Å². The maximum absolute atomic E-state index is 6.15. The monoisotopic (exact) mass is 646 g/mol. The average Bonchev–Trinajstić information content (AvgIpc) is 2.97. The van der Waals surface area contributed by atoms with Gasteiger partial charge in [0.15, 0.2) is 23.3 Å². The summed E-state index contributed by atoms with van der Waals surface area (Å²) < 4.78 is 0. The minimum Gasteiger partial charge on any atom is -0.208 e. The summed E-state index contributed by atoms with van der Waals surface area (Å²) in [6.07, 6.45) is 0. The molecule has 6 rings (SSSR count). The van der Waals surface area contributed by atoms with Crippen LogP contribution in [-0.2, 0) is 0 Å².